The van der Waals surface area contributed by atoms with Crippen molar-refractivity contribution >= 4 is 11.8 Å². The van der Waals surface area contributed by atoms with Gasteiger partial charge in [0.15, 0.2) is 5.78 Å². The molecule has 3 saturated carbocycles. The van der Waals surface area contributed by atoms with Crippen LogP contribution in [-0.2, 0) is 14.3 Å². The summed E-state index contributed by atoms with van der Waals surface area (Å²) in [6.07, 6.45) is 9.62. The van der Waals surface area contributed by atoms with E-state index in [0.717, 1.165) is 37.5 Å². The van der Waals surface area contributed by atoms with Gasteiger partial charge in [-0.3, -0.25) is 9.59 Å². The number of ketones is 1. The number of carbonyl (C=O) groups is 2. The molecule has 7 atom stereocenters. The van der Waals surface area contributed by atoms with Gasteiger partial charge in [0, 0.05) is 18.8 Å². The molecule has 0 bridgehead atoms. The van der Waals surface area contributed by atoms with Crippen molar-refractivity contribution in [3.05, 3.63) is 11.6 Å². The number of carbonyl (C=O) groups excluding carboxylic acids is 2. The van der Waals surface area contributed by atoms with Gasteiger partial charge in [-0.25, -0.2) is 0 Å². The zero-order chi connectivity index (χ0) is 17.1. The van der Waals surface area contributed by atoms with Crippen molar-refractivity contribution in [1.82, 2.24) is 0 Å². The van der Waals surface area contributed by atoms with Crippen LogP contribution < -0.4 is 0 Å². The molecule has 0 aromatic carbocycles. The van der Waals surface area contributed by atoms with Crippen molar-refractivity contribution in [3.8, 4) is 0 Å². The standard InChI is InChI=1S/C21H30O3/c1-12-10-14-11-15(23)4-5-16(14)17-8-9-21(3)18(20(12)17)6-7-19(21)24-13(2)22/h11-12,16-20H,4-10H2,1-3H3/t12-,16-,17-,18-,19-,20+,21-/m1/s1. The maximum absolute atomic E-state index is 11.8. The van der Waals surface area contributed by atoms with Crippen molar-refractivity contribution in [3.63, 3.8) is 0 Å². The average molecular weight is 330 g/mol. The minimum atomic E-state index is -0.128. The Kier molecular flexibility index (Phi) is 3.89. The second-order valence-corrected chi connectivity index (χ2v) is 9.08. The fourth-order valence-electron chi connectivity index (χ4n) is 6.93. The molecule has 0 amide bonds. The Labute approximate surface area is 145 Å². The van der Waals surface area contributed by atoms with E-state index < -0.39 is 0 Å². The molecule has 0 N–H and O–H groups in total. The van der Waals surface area contributed by atoms with Crippen LogP contribution in [0.2, 0.25) is 0 Å². The zero-order valence-corrected chi connectivity index (χ0v) is 15.2. The Bertz CT molecular complexity index is 592. The molecule has 3 heteroatoms. The summed E-state index contributed by atoms with van der Waals surface area (Å²) in [4.78, 5) is 23.4. The van der Waals surface area contributed by atoms with E-state index >= 15 is 0 Å². The van der Waals surface area contributed by atoms with Gasteiger partial charge in [-0.1, -0.05) is 19.4 Å². The summed E-state index contributed by atoms with van der Waals surface area (Å²) in [7, 11) is 0. The predicted octanol–water partition coefficient (Wildman–Crippen LogP) is 4.31. The van der Waals surface area contributed by atoms with E-state index in [-0.39, 0.29) is 17.5 Å². The number of fused-ring (bicyclic) bond motifs is 5. The molecule has 0 radical (unpaired) electrons. The highest BCUT2D eigenvalue weighted by Gasteiger charge is 2.58. The Morgan fingerprint density at radius 3 is 2.79 bits per heavy atom. The smallest absolute Gasteiger partial charge is 0.302 e. The molecule has 0 aromatic heterocycles. The number of hydrogen-bond donors (Lipinski definition) is 0. The number of allylic oxidation sites excluding steroid dienone is 1. The fraction of sp³-hybridized carbons (Fsp3) is 0.810. The molecule has 0 unspecified atom stereocenters. The number of hydrogen-bond acceptors (Lipinski definition) is 3. The van der Waals surface area contributed by atoms with Crippen LogP contribution in [-0.4, -0.2) is 17.9 Å². The van der Waals surface area contributed by atoms with Gasteiger partial charge < -0.3 is 4.74 Å². The van der Waals surface area contributed by atoms with Gasteiger partial charge in [-0.15, -0.1) is 0 Å². The Balaban J connectivity index is 1.62. The number of ether oxygens (including phenoxy) is 1. The molecule has 3 nitrogen and oxygen atoms in total. The lowest BCUT2D eigenvalue weighted by molar-refractivity contribution is -0.157. The van der Waals surface area contributed by atoms with Crippen LogP contribution >= 0.6 is 0 Å². The molecule has 0 heterocycles. The number of esters is 1. The van der Waals surface area contributed by atoms with E-state index in [4.69, 9.17) is 4.74 Å². The molecular formula is C21H30O3. The van der Waals surface area contributed by atoms with Gasteiger partial charge in [-0.05, 0) is 74.2 Å². The third-order valence-corrected chi connectivity index (χ3v) is 7.86. The van der Waals surface area contributed by atoms with Crippen LogP contribution in [0, 0.1) is 35.0 Å². The SMILES string of the molecule is CC(=O)O[C@@H]1CC[C@@H]2[C@@H]3[C@H](CC[C@]21C)[C@@H]1CCC(=O)C=C1C[C@H]3C. The molecule has 0 spiro atoms. The molecule has 0 aromatic rings. The maximum Gasteiger partial charge on any atom is 0.302 e. The highest BCUT2D eigenvalue weighted by molar-refractivity contribution is 5.91. The third kappa shape index (κ3) is 2.38. The summed E-state index contributed by atoms with van der Waals surface area (Å²) >= 11 is 0. The highest BCUT2D eigenvalue weighted by atomic mass is 16.5. The first-order chi connectivity index (χ1) is 11.4. The minimum absolute atomic E-state index is 0.109. The normalized spacial score (nSPS) is 47.3. The summed E-state index contributed by atoms with van der Waals surface area (Å²) in [6, 6.07) is 0. The summed E-state index contributed by atoms with van der Waals surface area (Å²) in [5.41, 5.74) is 1.60. The van der Waals surface area contributed by atoms with Crippen molar-refractivity contribution in [2.75, 3.05) is 0 Å². The summed E-state index contributed by atoms with van der Waals surface area (Å²) in [6.45, 7) is 6.30. The van der Waals surface area contributed by atoms with Gasteiger partial charge in [-0.2, -0.15) is 0 Å². The van der Waals surface area contributed by atoms with Crippen molar-refractivity contribution in [1.29, 1.82) is 0 Å². The zero-order valence-electron chi connectivity index (χ0n) is 15.2. The van der Waals surface area contributed by atoms with E-state index in [1.54, 1.807) is 6.92 Å². The largest absolute Gasteiger partial charge is 0.462 e. The molecule has 3 fully saturated rings. The van der Waals surface area contributed by atoms with E-state index in [0.29, 0.717) is 23.5 Å². The van der Waals surface area contributed by atoms with Crippen LogP contribution in [0.1, 0.15) is 65.7 Å². The van der Waals surface area contributed by atoms with Crippen molar-refractivity contribution in [2.24, 2.45) is 35.0 Å². The predicted molar refractivity (Wildman–Crippen MR) is 92.2 cm³/mol. The van der Waals surface area contributed by atoms with Gasteiger partial charge in [0.2, 0.25) is 0 Å². The molecular weight excluding hydrogens is 300 g/mol. The maximum atomic E-state index is 11.8. The van der Waals surface area contributed by atoms with Gasteiger partial charge in [0.05, 0.1) is 0 Å². The monoisotopic (exact) mass is 330 g/mol. The second kappa shape index (κ2) is 5.71. The topological polar surface area (TPSA) is 43.4 Å². The first kappa shape index (κ1) is 16.4. The minimum Gasteiger partial charge on any atom is -0.462 e. The fourth-order valence-corrected chi connectivity index (χ4v) is 6.93. The van der Waals surface area contributed by atoms with Gasteiger partial charge >= 0.3 is 5.97 Å². The molecule has 4 aliphatic rings. The summed E-state index contributed by atoms with van der Waals surface area (Å²) in [5, 5.41) is 0. The Morgan fingerprint density at radius 1 is 1.25 bits per heavy atom. The van der Waals surface area contributed by atoms with Gasteiger partial charge in [0.1, 0.15) is 6.10 Å². The summed E-state index contributed by atoms with van der Waals surface area (Å²) in [5.74, 6) is 3.64. The van der Waals surface area contributed by atoms with Crippen LogP contribution in [0.4, 0.5) is 0 Å². The molecule has 4 rings (SSSR count). The molecule has 24 heavy (non-hydrogen) atoms. The van der Waals surface area contributed by atoms with Crippen LogP contribution in [0.3, 0.4) is 0 Å². The van der Waals surface area contributed by atoms with E-state index in [1.165, 1.54) is 24.8 Å². The quantitative estimate of drug-likeness (QED) is 0.673. The Morgan fingerprint density at radius 2 is 2.04 bits per heavy atom. The van der Waals surface area contributed by atoms with Crippen LogP contribution in [0.15, 0.2) is 11.6 Å². The third-order valence-electron chi connectivity index (χ3n) is 7.86. The van der Waals surface area contributed by atoms with Crippen molar-refractivity contribution in [2.45, 2.75) is 71.8 Å². The second-order valence-electron chi connectivity index (χ2n) is 9.08. The number of rotatable bonds is 1. The molecule has 4 aliphatic carbocycles. The lowest BCUT2D eigenvalue weighted by Gasteiger charge is -2.55. The van der Waals surface area contributed by atoms with E-state index in [1.807, 2.05) is 6.08 Å². The first-order valence-electron chi connectivity index (χ1n) is 9.80. The molecule has 0 saturated heterocycles. The van der Waals surface area contributed by atoms with Crippen LogP contribution in [0.25, 0.3) is 0 Å². The summed E-state index contributed by atoms with van der Waals surface area (Å²) < 4.78 is 5.72. The lowest BCUT2D eigenvalue weighted by atomic mass is 9.49. The lowest BCUT2D eigenvalue weighted by Crippen LogP contribution is -2.50. The first-order valence-corrected chi connectivity index (χ1v) is 9.80. The van der Waals surface area contributed by atoms with Gasteiger partial charge in [0.25, 0.3) is 0 Å². The van der Waals surface area contributed by atoms with Crippen molar-refractivity contribution < 1.29 is 14.3 Å². The highest BCUT2D eigenvalue weighted by Crippen LogP contribution is 2.63. The average Bonchev–Trinajstić information content (AvgIpc) is 2.83. The van der Waals surface area contributed by atoms with E-state index in [9.17, 15) is 9.59 Å². The Hall–Kier alpha value is -1.12. The molecule has 132 valence electrons. The van der Waals surface area contributed by atoms with Crippen LogP contribution in [0.5, 0.6) is 0 Å². The molecule has 0 aliphatic heterocycles. The van der Waals surface area contributed by atoms with E-state index in [2.05, 4.69) is 13.8 Å².